The molecule has 1 atom stereocenters. The molecule has 2 aliphatic heterocycles. The molecule has 0 radical (unpaired) electrons. The number of carbonyl (C=O) groups excluding carboxylic acids is 1. The molecular weight excluding hydrogens is 270 g/mol. The maximum atomic E-state index is 11.4. The van der Waals surface area contributed by atoms with Gasteiger partial charge in [0, 0.05) is 31.5 Å². The van der Waals surface area contributed by atoms with Crippen LogP contribution in [0.25, 0.3) is 0 Å². The highest BCUT2D eigenvalue weighted by molar-refractivity contribution is 7.99. The molecule has 114 valence electrons. The summed E-state index contributed by atoms with van der Waals surface area (Å²) in [6, 6.07) is 1.27. The van der Waals surface area contributed by atoms with Crippen LogP contribution in [0.1, 0.15) is 51.4 Å². The van der Waals surface area contributed by atoms with Gasteiger partial charge in [0.2, 0.25) is 0 Å². The molecule has 0 aromatic rings. The second-order valence-electron chi connectivity index (χ2n) is 6.73. The first kappa shape index (κ1) is 14.9. The van der Waals surface area contributed by atoms with Crippen LogP contribution in [0.4, 0.5) is 0 Å². The van der Waals surface area contributed by atoms with Gasteiger partial charge in [-0.3, -0.25) is 4.79 Å². The van der Waals surface area contributed by atoms with Gasteiger partial charge in [0.05, 0.1) is 5.60 Å². The molecule has 3 nitrogen and oxygen atoms in total. The molecule has 0 aromatic heterocycles. The predicted molar refractivity (Wildman–Crippen MR) is 83.3 cm³/mol. The van der Waals surface area contributed by atoms with Crippen molar-refractivity contribution in [2.24, 2.45) is 0 Å². The molecule has 0 bridgehead atoms. The molecule has 1 unspecified atom stereocenters. The summed E-state index contributed by atoms with van der Waals surface area (Å²) >= 11 is 2.07. The fraction of sp³-hybridized carbons (Fsp3) is 0.938. The lowest BCUT2D eigenvalue weighted by Gasteiger charge is -2.47. The molecule has 0 aromatic carbocycles. The third-order valence-corrected chi connectivity index (χ3v) is 6.52. The van der Waals surface area contributed by atoms with Crippen molar-refractivity contribution in [3.05, 3.63) is 0 Å². The number of ketones is 1. The first-order chi connectivity index (χ1) is 9.69. The molecule has 2 heterocycles. The van der Waals surface area contributed by atoms with Crippen LogP contribution in [0.2, 0.25) is 0 Å². The fourth-order valence-electron chi connectivity index (χ4n) is 4.07. The van der Waals surface area contributed by atoms with Gasteiger partial charge in [-0.15, -0.1) is 0 Å². The van der Waals surface area contributed by atoms with Crippen molar-refractivity contribution >= 4 is 17.5 Å². The van der Waals surface area contributed by atoms with E-state index < -0.39 is 0 Å². The molecule has 1 spiro atoms. The lowest BCUT2D eigenvalue weighted by Crippen LogP contribution is -2.52. The standard InChI is InChI=1S/C16H27NO2S/c1-17(13-2-4-15(18)5-3-13)14-6-9-19-16(12-14)7-10-20-11-8-16/h13-14H,2-12H2,1H3. The second-order valence-corrected chi connectivity index (χ2v) is 7.95. The van der Waals surface area contributed by atoms with E-state index in [1.165, 1.54) is 30.8 Å². The van der Waals surface area contributed by atoms with Crippen LogP contribution >= 0.6 is 11.8 Å². The third-order valence-electron chi connectivity index (χ3n) is 5.54. The number of hydrogen-bond acceptors (Lipinski definition) is 4. The van der Waals surface area contributed by atoms with E-state index in [2.05, 4.69) is 23.7 Å². The predicted octanol–water partition coefficient (Wildman–Crippen LogP) is 2.87. The minimum Gasteiger partial charge on any atom is -0.375 e. The summed E-state index contributed by atoms with van der Waals surface area (Å²) in [5.74, 6) is 2.98. The summed E-state index contributed by atoms with van der Waals surface area (Å²) in [6.07, 6.45) is 8.53. The molecule has 2 saturated heterocycles. The van der Waals surface area contributed by atoms with Crippen LogP contribution in [-0.2, 0) is 9.53 Å². The Bertz CT molecular complexity index is 339. The number of rotatable bonds is 2. The Morgan fingerprint density at radius 2 is 1.85 bits per heavy atom. The van der Waals surface area contributed by atoms with Gasteiger partial charge in [-0.05, 0) is 57.1 Å². The molecule has 0 N–H and O–H groups in total. The van der Waals surface area contributed by atoms with Crippen LogP contribution < -0.4 is 0 Å². The van der Waals surface area contributed by atoms with Gasteiger partial charge >= 0.3 is 0 Å². The minimum absolute atomic E-state index is 0.174. The molecular formula is C16H27NO2S. The Hall–Kier alpha value is -0.0600. The monoisotopic (exact) mass is 297 g/mol. The number of carbonyl (C=O) groups is 1. The lowest BCUT2D eigenvalue weighted by molar-refractivity contribution is -0.124. The highest BCUT2D eigenvalue weighted by atomic mass is 32.2. The third kappa shape index (κ3) is 3.23. The van der Waals surface area contributed by atoms with Crippen LogP contribution in [0.5, 0.6) is 0 Å². The summed E-state index contributed by atoms with van der Waals surface area (Å²) in [5, 5.41) is 0. The first-order valence-corrected chi connectivity index (χ1v) is 9.29. The van der Waals surface area contributed by atoms with Crippen molar-refractivity contribution in [1.82, 2.24) is 4.90 Å². The van der Waals surface area contributed by atoms with Crippen molar-refractivity contribution < 1.29 is 9.53 Å². The molecule has 4 heteroatoms. The van der Waals surface area contributed by atoms with Crippen LogP contribution in [0.3, 0.4) is 0 Å². The summed E-state index contributed by atoms with van der Waals surface area (Å²) in [5.41, 5.74) is 0.174. The summed E-state index contributed by atoms with van der Waals surface area (Å²) in [7, 11) is 2.28. The molecule has 0 amide bonds. The van der Waals surface area contributed by atoms with Crippen molar-refractivity contribution in [1.29, 1.82) is 0 Å². The van der Waals surface area contributed by atoms with Crippen molar-refractivity contribution in [2.75, 3.05) is 25.2 Å². The zero-order chi connectivity index (χ0) is 14.0. The number of Topliss-reactive ketones (excluding diaryl/α,β-unsaturated/α-hetero) is 1. The second kappa shape index (κ2) is 6.37. The van der Waals surface area contributed by atoms with Gasteiger partial charge in [-0.2, -0.15) is 11.8 Å². The van der Waals surface area contributed by atoms with Crippen molar-refractivity contribution in [3.8, 4) is 0 Å². The molecule has 20 heavy (non-hydrogen) atoms. The van der Waals surface area contributed by atoms with Gasteiger partial charge in [0.25, 0.3) is 0 Å². The fourth-order valence-corrected chi connectivity index (χ4v) is 5.31. The smallest absolute Gasteiger partial charge is 0.133 e. The van der Waals surface area contributed by atoms with E-state index in [-0.39, 0.29) is 5.60 Å². The summed E-state index contributed by atoms with van der Waals surface area (Å²) in [6.45, 7) is 0.922. The maximum Gasteiger partial charge on any atom is 0.133 e. The van der Waals surface area contributed by atoms with Gasteiger partial charge in [0.15, 0.2) is 0 Å². The average Bonchev–Trinajstić information content (AvgIpc) is 2.48. The van der Waals surface area contributed by atoms with Crippen molar-refractivity contribution in [2.45, 2.75) is 69.1 Å². The van der Waals surface area contributed by atoms with Gasteiger partial charge < -0.3 is 9.64 Å². The van der Waals surface area contributed by atoms with E-state index in [0.29, 0.717) is 17.9 Å². The summed E-state index contributed by atoms with van der Waals surface area (Å²) < 4.78 is 6.20. The van der Waals surface area contributed by atoms with Crippen LogP contribution in [-0.4, -0.2) is 53.5 Å². The van der Waals surface area contributed by atoms with E-state index in [1.807, 2.05) is 0 Å². The minimum atomic E-state index is 0.174. The Morgan fingerprint density at radius 3 is 2.55 bits per heavy atom. The van der Waals surface area contributed by atoms with Crippen LogP contribution in [0.15, 0.2) is 0 Å². The summed E-state index contributed by atoms with van der Waals surface area (Å²) in [4.78, 5) is 14.0. The molecule has 3 aliphatic rings. The Kier molecular flexibility index (Phi) is 4.73. The number of ether oxygens (including phenoxy) is 1. The Morgan fingerprint density at radius 1 is 1.15 bits per heavy atom. The molecule has 3 fully saturated rings. The van der Waals surface area contributed by atoms with Crippen LogP contribution in [0, 0.1) is 0 Å². The van der Waals surface area contributed by atoms with Gasteiger partial charge in [-0.25, -0.2) is 0 Å². The molecule has 1 aliphatic carbocycles. The van der Waals surface area contributed by atoms with Gasteiger partial charge in [0.1, 0.15) is 5.78 Å². The highest BCUT2D eigenvalue weighted by Gasteiger charge is 2.41. The zero-order valence-electron chi connectivity index (χ0n) is 12.6. The molecule has 3 rings (SSSR count). The largest absolute Gasteiger partial charge is 0.375 e. The van der Waals surface area contributed by atoms with Crippen molar-refractivity contribution in [3.63, 3.8) is 0 Å². The van der Waals surface area contributed by atoms with E-state index in [4.69, 9.17) is 4.74 Å². The highest BCUT2D eigenvalue weighted by Crippen LogP contribution is 2.39. The average molecular weight is 297 g/mol. The first-order valence-electron chi connectivity index (χ1n) is 8.14. The maximum absolute atomic E-state index is 11.4. The zero-order valence-corrected chi connectivity index (χ0v) is 13.4. The topological polar surface area (TPSA) is 29.5 Å². The normalized spacial score (nSPS) is 31.9. The van der Waals surface area contributed by atoms with E-state index in [1.54, 1.807) is 0 Å². The van der Waals surface area contributed by atoms with E-state index >= 15 is 0 Å². The van der Waals surface area contributed by atoms with Gasteiger partial charge in [-0.1, -0.05) is 0 Å². The quantitative estimate of drug-likeness (QED) is 0.784. The van der Waals surface area contributed by atoms with E-state index in [9.17, 15) is 4.79 Å². The number of thioether (sulfide) groups is 1. The van der Waals surface area contributed by atoms with E-state index in [0.717, 1.165) is 38.7 Å². The Balaban J connectivity index is 1.59. The Labute approximate surface area is 126 Å². The number of nitrogens with zero attached hydrogens (tertiary/aromatic N) is 1. The number of hydrogen-bond donors (Lipinski definition) is 0. The molecule has 1 saturated carbocycles. The lowest BCUT2D eigenvalue weighted by atomic mass is 9.83. The SMILES string of the molecule is CN(C1CCC(=O)CC1)C1CCOC2(CCSCC2)C1.